The van der Waals surface area contributed by atoms with Crippen molar-refractivity contribution in [3.63, 3.8) is 0 Å². The summed E-state index contributed by atoms with van der Waals surface area (Å²) in [5.41, 5.74) is 1.65. The van der Waals surface area contributed by atoms with E-state index in [-0.39, 0.29) is 0 Å². The zero-order valence-corrected chi connectivity index (χ0v) is 15.1. The minimum absolute atomic E-state index is 0.311. The highest BCUT2D eigenvalue weighted by atomic mass is 16.5. The minimum Gasteiger partial charge on any atom is -0.495 e. The number of methoxy groups -OCH3 is 1. The number of carbonyl (C=O) groups is 1. The second kappa shape index (κ2) is 7.88. The van der Waals surface area contributed by atoms with E-state index in [0.29, 0.717) is 35.1 Å². The van der Waals surface area contributed by atoms with Crippen molar-refractivity contribution in [2.24, 2.45) is 11.8 Å². The standard InChI is InChI=1S/C20H27N3O2/c1-3-15-13-23(20(24)16-5-6-16)9-8-18(15)22-12-14-4-7-19(25-2)17(10-14)11-21/h4,7,10,15-16,18,22H,3,5-6,8-9,12-13H2,1-2H3/t15-,18-/m1/s1. The van der Waals surface area contributed by atoms with E-state index in [9.17, 15) is 10.1 Å². The van der Waals surface area contributed by atoms with Crippen molar-refractivity contribution in [3.8, 4) is 11.8 Å². The van der Waals surface area contributed by atoms with E-state index in [2.05, 4.69) is 23.2 Å². The van der Waals surface area contributed by atoms with Gasteiger partial charge in [-0.25, -0.2) is 0 Å². The van der Waals surface area contributed by atoms with Crippen LogP contribution in [0.15, 0.2) is 18.2 Å². The van der Waals surface area contributed by atoms with Crippen LogP contribution in [0.5, 0.6) is 5.75 Å². The summed E-state index contributed by atoms with van der Waals surface area (Å²) in [6.07, 6.45) is 4.22. The molecule has 5 nitrogen and oxygen atoms in total. The molecule has 1 N–H and O–H groups in total. The number of hydrogen-bond donors (Lipinski definition) is 1. The van der Waals surface area contributed by atoms with Crippen LogP contribution < -0.4 is 10.1 Å². The van der Waals surface area contributed by atoms with Crippen LogP contribution in [0.1, 0.15) is 43.7 Å². The normalized spacial score (nSPS) is 23.2. The molecule has 0 unspecified atom stereocenters. The minimum atomic E-state index is 0.311. The van der Waals surface area contributed by atoms with Gasteiger partial charge in [-0.2, -0.15) is 5.26 Å². The van der Waals surface area contributed by atoms with Crippen LogP contribution >= 0.6 is 0 Å². The number of benzene rings is 1. The van der Waals surface area contributed by atoms with Crippen molar-refractivity contribution in [1.82, 2.24) is 10.2 Å². The maximum Gasteiger partial charge on any atom is 0.225 e. The molecule has 1 aromatic carbocycles. The maximum atomic E-state index is 12.3. The molecule has 1 saturated carbocycles. The Morgan fingerprint density at radius 1 is 1.40 bits per heavy atom. The summed E-state index contributed by atoms with van der Waals surface area (Å²) in [4.78, 5) is 14.4. The summed E-state index contributed by atoms with van der Waals surface area (Å²) >= 11 is 0. The Hall–Kier alpha value is -2.06. The molecule has 0 bridgehead atoms. The van der Waals surface area contributed by atoms with E-state index < -0.39 is 0 Å². The molecule has 0 spiro atoms. The van der Waals surface area contributed by atoms with Crippen molar-refractivity contribution in [1.29, 1.82) is 5.26 Å². The molecular formula is C20H27N3O2. The molecule has 25 heavy (non-hydrogen) atoms. The van der Waals surface area contributed by atoms with Crippen LogP contribution in [-0.4, -0.2) is 37.0 Å². The monoisotopic (exact) mass is 341 g/mol. The largest absolute Gasteiger partial charge is 0.495 e. The van der Waals surface area contributed by atoms with Crippen molar-refractivity contribution in [2.45, 2.75) is 45.2 Å². The van der Waals surface area contributed by atoms with E-state index in [4.69, 9.17) is 4.74 Å². The molecule has 3 rings (SSSR count). The summed E-state index contributed by atoms with van der Waals surface area (Å²) in [5.74, 6) is 1.78. The van der Waals surface area contributed by atoms with Gasteiger partial charge in [0.05, 0.1) is 12.7 Å². The maximum absolute atomic E-state index is 12.3. The fourth-order valence-corrected chi connectivity index (χ4v) is 3.70. The van der Waals surface area contributed by atoms with E-state index in [1.54, 1.807) is 7.11 Å². The van der Waals surface area contributed by atoms with E-state index in [1.165, 1.54) is 0 Å². The molecule has 1 aromatic rings. The van der Waals surface area contributed by atoms with Gasteiger partial charge in [0.25, 0.3) is 0 Å². The van der Waals surface area contributed by atoms with Gasteiger partial charge in [-0.05, 0) is 42.9 Å². The number of ether oxygens (including phenoxy) is 1. The Labute approximate surface area is 150 Å². The first-order chi connectivity index (χ1) is 12.2. The molecule has 1 saturated heterocycles. The Balaban J connectivity index is 1.57. The molecular weight excluding hydrogens is 314 g/mol. The lowest BCUT2D eigenvalue weighted by atomic mass is 9.89. The van der Waals surface area contributed by atoms with Gasteiger partial charge in [0.15, 0.2) is 0 Å². The fraction of sp³-hybridized carbons (Fsp3) is 0.600. The van der Waals surface area contributed by atoms with Crippen LogP contribution in [0.3, 0.4) is 0 Å². The molecule has 2 aliphatic rings. The quantitative estimate of drug-likeness (QED) is 0.864. The third-order valence-corrected chi connectivity index (χ3v) is 5.45. The second-order valence-electron chi connectivity index (χ2n) is 7.15. The summed E-state index contributed by atoms with van der Waals surface area (Å²) in [6, 6.07) is 8.34. The Morgan fingerprint density at radius 2 is 2.20 bits per heavy atom. The first-order valence-corrected chi connectivity index (χ1v) is 9.25. The first kappa shape index (κ1) is 17.8. The zero-order valence-electron chi connectivity index (χ0n) is 15.1. The number of nitrogens with zero attached hydrogens (tertiary/aromatic N) is 2. The average Bonchev–Trinajstić information content (AvgIpc) is 3.50. The van der Waals surface area contributed by atoms with E-state index in [0.717, 1.165) is 50.9 Å². The number of carbonyl (C=O) groups excluding carboxylic acids is 1. The molecule has 1 aliphatic carbocycles. The second-order valence-corrected chi connectivity index (χ2v) is 7.15. The molecule has 1 aliphatic heterocycles. The average molecular weight is 341 g/mol. The summed E-state index contributed by atoms with van der Waals surface area (Å²) in [7, 11) is 1.58. The number of nitrogens with one attached hydrogen (secondary N) is 1. The van der Waals surface area contributed by atoms with Gasteiger partial charge in [0.2, 0.25) is 5.91 Å². The number of rotatable bonds is 6. The third-order valence-electron chi connectivity index (χ3n) is 5.45. The van der Waals surface area contributed by atoms with Gasteiger partial charge in [-0.3, -0.25) is 4.79 Å². The Morgan fingerprint density at radius 3 is 2.84 bits per heavy atom. The van der Waals surface area contributed by atoms with E-state index >= 15 is 0 Å². The Bertz CT molecular complexity index is 663. The first-order valence-electron chi connectivity index (χ1n) is 9.25. The molecule has 134 valence electrons. The summed E-state index contributed by atoms with van der Waals surface area (Å²) in [6.45, 7) is 4.66. The van der Waals surface area contributed by atoms with Gasteiger partial charge >= 0.3 is 0 Å². The highest BCUT2D eigenvalue weighted by Gasteiger charge is 2.37. The molecule has 2 atom stereocenters. The zero-order chi connectivity index (χ0) is 17.8. The molecule has 1 heterocycles. The van der Waals surface area contributed by atoms with Crippen LogP contribution in [0.25, 0.3) is 0 Å². The predicted octanol–water partition coefficient (Wildman–Crippen LogP) is 2.69. The number of hydrogen-bond acceptors (Lipinski definition) is 4. The summed E-state index contributed by atoms with van der Waals surface area (Å²) < 4.78 is 5.20. The smallest absolute Gasteiger partial charge is 0.225 e. The SMILES string of the molecule is CC[C@@H]1CN(C(=O)C2CC2)CC[C@H]1NCc1ccc(OC)c(C#N)c1. The number of amides is 1. The molecule has 5 heteroatoms. The highest BCUT2D eigenvalue weighted by molar-refractivity contribution is 5.81. The van der Waals surface area contributed by atoms with Crippen molar-refractivity contribution in [3.05, 3.63) is 29.3 Å². The number of piperidine rings is 1. The highest BCUT2D eigenvalue weighted by Crippen LogP contribution is 2.33. The molecule has 0 radical (unpaired) electrons. The van der Waals surface area contributed by atoms with Crippen LogP contribution in [0, 0.1) is 23.2 Å². The molecule has 1 amide bonds. The fourth-order valence-electron chi connectivity index (χ4n) is 3.70. The number of likely N-dealkylation sites (tertiary alicyclic amines) is 1. The van der Waals surface area contributed by atoms with Crippen molar-refractivity contribution < 1.29 is 9.53 Å². The van der Waals surface area contributed by atoms with Gasteiger partial charge in [0.1, 0.15) is 11.8 Å². The molecule has 0 aromatic heterocycles. The third kappa shape index (κ3) is 4.13. The van der Waals surface area contributed by atoms with Crippen LogP contribution in [0.2, 0.25) is 0 Å². The lowest BCUT2D eigenvalue weighted by molar-refractivity contribution is -0.134. The van der Waals surface area contributed by atoms with Gasteiger partial charge in [-0.15, -0.1) is 0 Å². The van der Waals surface area contributed by atoms with E-state index in [1.807, 2.05) is 18.2 Å². The number of nitriles is 1. The lowest BCUT2D eigenvalue weighted by Gasteiger charge is -2.39. The Kier molecular flexibility index (Phi) is 5.60. The summed E-state index contributed by atoms with van der Waals surface area (Å²) in [5, 5.41) is 12.9. The van der Waals surface area contributed by atoms with Crippen LogP contribution in [-0.2, 0) is 11.3 Å². The van der Waals surface area contributed by atoms with Gasteiger partial charge in [0, 0.05) is 31.6 Å². The van der Waals surface area contributed by atoms with Crippen molar-refractivity contribution in [2.75, 3.05) is 20.2 Å². The van der Waals surface area contributed by atoms with Crippen molar-refractivity contribution >= 4 is 5.91 Å². The topological polar surface area (TPSA) is 65.4 Å². The van der Waals surface area contributed by atoms with Gasteiger partial charge < -0.3 is 15.0 Å². The van der Waals surface area contributed by atoms with Crippen LogP contribution in [0.4, 0.5) is 0 Å². The molecule has 2 fully saturated rings. The van der Waals surface area contributed by atoms with Gasteiger partial charge in [-0.1, -0.05) is 19.4 Å². The lowest BCUT2D eigenvalue weighted by Crippen LogP contribution is -2.51. The predicted molar refractivity (Wildman–Crippen MR) is 96.0 cm³/mol.